The molecule has 16 heteroatoms. The van der Waals surface area contributed by atoms with E-state index in [9.17, 15) is 19.2 Å². The number of thioether (sulfide) groups is 1. The van der Waals surface area contributed by atoms with Crippen LogP contribution in [0.3, 0.4) is 0 Å². The van der Waals surface area contributed by atoms with Crippen LogP contribution in [0.25, 0.3) is 0 Å². The minimum Gasteiger partial charge on any atom is -0.414 e. The Kier molecular flexibility index (Phi) is 8.27. The highest BCUT2D eigenvalue weighted by atomic mass is 127. The van der Waals surface area contributed by atoms with Crippen LogP contribution in [0.1, 0.15) is 52.3 Å². The molecule has 1 aromatic heterocycles. The van der Waals surface area contributed by atoms with Crippen LogP contribution in [0.4, 0.5) is 5.13 Å². The molecule has 2 fully saturated rings. The summed E-state index contributed by atoms with van der Waals surface area (Å²) < 4.78 is 12.9. The summed E-state index contributed by atoms with van der Waals surface area (Å²) in [6, 6.07) is -0.864. The van der Waals surface area contributed by atoms with Crippen molar-refractivity contribution in [3.05, 3.63) is 17.6 Å². The number of nitrogens with two attached hydrogens (primary N) is 1. The van der Waals surface area contributed by atoms with Crippen molar-refractivity contribution in [1.82, 2.24) is 19.6 Å². The van der Waals surface area contributed by atoms with Crippen molar-refractivity contribution >= 4 is 80.5 Å². The number of fused-ring (bicyclic) bond motifs is 1. The topological polar surface area (TPSA) is 175 Å². The van der Waals surface area contributed by atoms with E-state index in [1.54, 1.807) is 29.5 Å². The zero-order valence-electron chi connectivity index (χ0n) is 20.1. The molecular formula is C21H25IN6O7S2. The fraction of sp³-hybridized carbons (Fsp3) is 0.571. The Morgan fingerprint density at radius 1 is 1.30 bits per heavy atom. The van der Waals surface area contributed by atoms with Crippen LogP contribution in [0.15, 0.2) is 16.9 Å². The summed E-state index contributed by atoms with van der Waals surface area (Å²) in [6.45, 7) is 4.41. The van der Waals surface area contributed by atoms with Crippen molar-refractivity contribution < 1.29 is 33.5 Å². The summed E-state index contributed by atoms with van der Waals surface area (Å²) in [6.07, 6.45) is 5.04. The van der Waals surface area contributed by atoms with Crippen molar-refractivity contribution in [2.24, 2.45) is 5.16 Å². The van der Waals surface area contributed by atoms with Gasteiger partial charge in [-0.15, -0.1) is 11.8 Å². The molecule has 3 aliphatic rings. The molecule has 3 heterocycles. The number of amides is 2. The molecule has 2 aliphatic heterocycles. The minimum atomic E-state index is -1.50. The van der Waals surface area contributed by atoms with Gasteiger partial charge < -0.3 is 30.3 Å². The number of esters is 2. The van der Waals surface area contributed by atoms with Gasteiger partial charge in [-0.3, -0.25) is 14.4 Å². The van der Waals surface area contributed by atoms with E-state index >= 15 is 0 Å². The first-order valence-electron chi connectivity index (χ1n) is 11.4. The Morgan fingerprint density at radius 2 is 2.00 bits per heavy atom. The number of β-lactam (4-membered cyclic amide) rings is 1. The highest BCUT2D eigenvalue weighted by Gasteiger charge is 2.52. The van der Waals surface area contributed by atoms with E-state index in [-0.39, 0.29) is 33.6 Å². The number of rotatable bonds is 8. The van der Waals surface area contributed by atoms with Gasteiger partial charge in [0.25, 0.3) is 11.8 Å². The van der Waals surface area contributed by atoms with E-state index in [0.29, 0.717) is 0 Å². The number of carbonyl (C=O) groups is 4. The number of halogens is 1. The maximum absolute atomic E-state index is 13.1. The van der Waals surface area contributed by atoms with E-state index in [0.717, 1.165) is 37.2 Å². The number of oxime groups is 1. The molecule has 200 valence electrons. The van der Waals surface area contributed by atoms with Gasteiger partial charge in [0.15, 0.2) is 5.13 Å². The number of hydrogen-bond acceptors (Lipinski definition) is 13. The highest BCUT2D eigenvalue weighted by molar-refractivity contribution is 14.1. The molecular weight excluding hydrogens is 639 g/mol. The normalized spacial score (nSPS) is 25.4. The number of nitrogen functional groups attached to an aromatic ring is 1. The van der Waals surface area contributed by atoms with E-state index < -0.39 is 39.0 Å². The molecule has 4 rings (SSSR count). The molecule has 1 saturated heterocycles. The van der Waals surface area contributed by atoms with Crippen LogP contribution in [-0.4, -0.2) is 70.3 Å². The molecule has 13 nitrogen and oxygen atoms in total. The lowest BCUT2D eigenvalue weighted by Gasteiger charge is -2.48. The smallest absolute Gasteiger partial charge is 0.340 e. The summed E-state index contributed by atoms with van der Waals surface area (Å²) in [5.41, 5.74) is 5.75. The van der Waals surface area contributed by atoms with E-state index in [2.05, 4.69) is 19.8 Å². The number of nitrogens with zero attached hydrogens (tertiary/aromatic N) is 4. The number of hydrogen-bond donors (Lipinski definition) is 2. The Morgan fingerprint density at radius 3 is 2.62 bits per heavy atom. The molecule has 3 N–H and O–H groups in total. The van der Waals surface area contributed by atoms with Crippen LogP contribution in [-0.2, 0) is 33.5 Å². The summed E-state index contributed by atoms with van der Waals surface area (Å²) in [5.74, 6) is -2.39. The lowest BCUT2D eigenvalue weighted by molar-refractivity contribution is -0.184. The van der Waals surface area contributed by atoms with Gasteiger partial charge in [-0.2, -0.15) is 9.36 Å². The monoisotopic (exact) mass is 664 g/mol. The number of alkyl halides is 1. The van der Waals surface area contributed by atoms with Crippen molar-refractivity contribution in [2.75, 3.05) is 5.73 Å². The maximum Gasteiger partial charge on any atom is 0.340 e. The molecule has 0 spiro atoms. The molecule has 0 radical (unpaired) electrons. The highest BCUT2D eigenvalue weighted by Crippen LogP contribution is 2.41. The quantitative estimate of drug-likeness (QED) is 0.0787. The van der Waals surface area contributed by atoms with Crippen molar-refractivity contribution in [1.29, 1.82) is 0 Å². The second-order valence-electron chi connectivity index (χ2n) is 8.68. The minimum absolute atomic E-state index is 0.0193. The fourth-order valence-corrected chi connectivity index (χ4v) is 6.31. The Hall–Kier alpha value is -2.47. The summed E-state index contributed by atoms with van der Waals surface area (Å²) >= 11 is 3.92. The average molecular weight is 665 g/mol. The second-order valence-corrected chi connectivity index (χ2v) is 12.9. The molecule has 2 amide bonds. The number of carbonyl (C=O) groups excluding carboxylic acids is 4. The standard InChI is InChI=1S/C21H25IN6O7S2/c1-9-12(19(32)34-21(3,22)33-10(2)29)8-28-17(31)14(18(28)36-9)24-16(30)13(15-25-20(23)37-27-15)26-35-11-6-4-5-7-11/h8-9,11,14,18H,4-7H2,1-3H3,(H,24,30)(H2,23,25,27)/t9?,14?,18-,21?/m1/s1. The van der Waals surface area contributed by atoms with Crippen LogP contribution < -0.4 is 11.1 Å². The van der Waals surface area contributed by atoms with E-state index in [1.807, 2.05) is 0 Å². The van der Waals surface area contributed by atoms with Crippen molar-refractivity contribution in [3.8, 4) is 0 Å². The Bertz CT molecular complexity index is 1170. The van der Waals surface area contributed by atoms with Gasteiger partial charge in [0.1, 0.15) is 17.5 Å². The first-order chi connectivity index (χ1) is 17.4. The SMILES string of the molecule is CC(=O)OC(C)(I)OC(=O)C1=CN2C(=O)C(NC(=O)C(=NOC3CCCC3)c3nsc(N)n3)[C@H]2SC1C. The molecule has 0 bridgehead atoms. The number of ether oxygens (including phenoxy) is 2. The van der Waals surface area contributed by atoms with Gasteiger partial charge in [-0.25, -0.2) is 4.79 Å². The lowest BCUT2D eigenvalue weighted by atomic mass is 10.1. The third-order valence-corrected chi connectivity index (χ3v) is 8.15. The molecule has 37 heavy (non-hydrogen) atoms. The summed E-state index contributed by atoms with van der Waals surface area (Å²) in [5, 5.41) is 6.06. The molecule has 1 aromatic rings. The summed E-state index contributed by atoms with van der Waals surface area (Å²) in [7, 11) is 0. The van der Waals surface area contributed by atoms with Gasteiger partial charge in [0.05, 0.1) is 5.57 Å². The van der Waals surface area contributed by atoms with Crippen molar-refractivity contribution in [3.63, 3.8) is 0 Å². The van der Waals surface area contributed by atoms with E-state index in [4.69, 9.17) is 20.0 Å². The van der Waals surface area contributed by atoms with Crippen LogP contribution >= 0.6 is 45.9 Å². The van der Waals surface area contributed by atoms with Gasteiger partial charge in [0, 0.05) is 59.4 Å². The van der Waals surface area contributed by atoms with Gasteiger partial charge in [0.2, 0.25) is 11.5 Å². The molecule has 0 aromatic carbocycles. The van der Waals surface area contributed by atoms with Gasteiger partial charge in [-0.1, -0.05) is 5.16 Å². The Balaban J connectivity index is 1.45. The zero-order chi connectivity index (χ0) is 26.9. The summed E-state index contributed by atoms with van der Waals surface area (Å²) in [4.78, 5) is 60.9. The predicted octanol–water partition coefficient (Wildman–Crippen LogP) is 1.67. The predicted molar refractivity (Wildman–Crippen MR) is 142 cm³/mol. The molecule has 1 aliphatic carbocycles. The zero-order valence-corrected chi connectivity index (χ0v) is 23.9. The van der Waals surface area contributed by atoms with Gasteiger partial charge >= 0.3 is 15.7 Å². The fourth-order valence-electron chi connectivity index (χ4n) is 4.00. The average Bonchev–Trinajstić information content (AvgIpc) is 3.48. The van der Waals surface area contributed by atoms with Crippen LogP contribution in [0.5, 0.6) is 0 Å². The first kappa shape index (κ1) is 27.6. The third-order valence-electron chi connectivity index (χ3n) is 5.73. The van der Waals surface area contributed by atoms with Crippen molar-refractivity contribution in [2.45, 2.75) is 73.0 Å². The second kappa shape index (κ2) is 11.1. The third kappa shape index (κ3) is 6.34. The first-order valence-corrected chi connectivity index (χ1v) is 14.2. The number of anilines is 1. The van der Waals surface area contributed by atoms with Crippen LogP contribution in [0, 0.1) is 0 Å². The Labute approximate surface area is 234 Å². The molecule has 1 saturated carbocycles. The molecule has 4 atom stereocenters. The van der Waals surface area contributed by atoms with E-state index in [1.165, 1.54) is 36.7 Å². The lowest BCUT2D eigenvalue weighted by Crippen LogP contribution is -2.69. The maximum atomic E-state index is 13.1. The molecule has 3 unspecified atom stereocenters. The number of nitrogens with one attached hydrogen (secondary N) is 1. The van der Waals surface area contributed by atoms with Gasteiger partial charge in [-0.05, 0) is 32.6 Å². The number of aromatic nitrogens is 2. The largest absolute Gasteiger partial charge is 0.414 e. The van der Waals surface area contributed by atoms with Crippen LogP contribution in [0.2, 0.25) is 0 Å².